The van der Waals surface area contributed by atoms with Gasteiger partial charge in [-0.25, -0.2) is 0 Å². The molecule has 1 nitrogen and oxygen atoms in total. The number of carbonyl (C=O) groups is 1. The Balaban J connectivity index is 2.42. The summed E-state index contributed by atoms with van der Waals surface area (Å²) < 4.78 is 0. The molecule has 0 aromatic rings. The van der Waals surface area contributed by atoms with E-state index in [2.05, 4.69) is 13.8 Å². The molecule has 1 saturated carbocycles. The molecule has 1 rings (SSSR count). The molecule has 0 aromatic carbocycles. The first-order valence-corrected chi connectivity index (χ1v) is 5.72. The molecule has 76 valence electrons. The fourth-order valence-corrected chi connectivity index (χ4v) is 2.84. The highest BCUT2D eigenvalue weighted by molar-refractivity contribution is 6.64. The molecule has 0 heterocycles. The van der Waals surface area contributed by atoms with E-state index in [1.54, 1.807) is 0 Å². The first kappa shape index (κ1) is 11.0. The van der Waals surface area contributed by atoms with Crippen LogP contribution in [0, 0.1) is 17.8 Å². The van der Waals surface area contributed by atoms with Crippen LogP contribution in [0.5, 0.6) is 0 Å². The number of rotatable bonds is 3. The summed E-state index contributed by atoms with van der Waals surface area (Å²) in [7, 11) is 0. The van der Waals surface area contributed by atoms with Crippen molar-refractivity contribution < 1.29 is 4.79 Å². The number of hydrogen-bond donors (Lipinski definition) is 0. The van der Waals surface area contributed by atoms with Crippen LogP contribution in [0.1, 0.15) is 46.0 Å². The van der Waals surface area contributed by atoms with Crippen molar-refractivity contribution in [2.75, 3.05) is 0 Å². The zero-order chi connectivity index (χ0) is 9.84. The summed E-state index contributed by atoms with van der Waals surface area (Å²) >= 11 is 5.54. The quantitative estimate of drug-likeness (QED) is 0.640. The van der Waals surface area contributed by atoms with Gasteiger partial charge >= 0.3 is 0 Å². The summed E-state index contributed by atoms with van der Waals surface area (Å²) in [6.45, 7) is 4.39. The van der Waals surface area contributed by atoms with Crippen molar-refractivity contribution in [3.05, 3.63) is 0 Å². The van der Waals surface area contributed by atoms with E-state index in [9.17, 15) is 4.79 Å². The predicted octanol–water partition coefficient (Wildman–Crippen LogP) is 3.60. The summed E-state index contributed by atoms with van der Waals surface area (Å²) in [5, 5.41) is -0.123. The monoisotopic (exact) mass is 202 g/mol. The topological polar surface area (TPSA) is 17.1 Å². The second-order valence-electron chi connectivity index (χ2n) is 4.36. The largest absolute Gasteiger partial charge is 0.281 e. The molecule has 0 amide bonds. The lowest BCUT2D eigenvalue weighted by molar-refractivity contribution is -0.117. The molecule has 13 heavy (non-hydrogen) atoms. The van der Waals surface area contributed by atoms with Gasteiger partial charge in [0.05, 0.1) is 0 Å². The van der Waals surface area contributed by atoms with Crippen LogP contribution < -0.4 is 0 Å². The Bertz CT molecular complexity index is 179. The van der Waals surface area contributed by atoms with Crippen molar-refractivity contribution in [2.45, 2.75) is 46.0 Å². The average Bonchev–Trinajstić information content (AvgIpc) is 2.04. The fourth-order valence-electron chi connectivity index (χ4n) is 2.52. The Hall–Kier alpha value is -0.0400. The van der Waals surface area contributed by atoms with Gasteiger partial charge in [0.15, 0.2) is 0 Å². The highest BCUT2D eigenvalue weighted by Crippen LogP contribution is 2.36. The van der Waals surface area contributed by atoms with Crippen LogP contribution in [0.3, 0.4) is 0 Å². The molecule has 3 unspecified atom stereocenters. The summed E-state index contributed by atoms with van der Waals surface area (Å²) in [6, 6.07) is 0. The van der Waals surface area contributed by atoms with Gasteiger partial charge in [0.25, 0.3) is 0 Å². The lowest BCUT2D eigenvalue weighted by Gasteiger charge is -2.31. The molecule has 1 aliphatic carbocycles. The van der Waals surface area contributed by atoms with Crippen LogP contribution in [0.2, 0.25) is 0 Å². The summed E-state index contributed by atoms with van der Waals surface area (Å²) in [6.07, 6.45) is 5.97. The van der Waals surface area contributed by atoms with Crippen LogP contribution in [-0.2, 0) is 4.79 Å². The van der Waals surface area contributed by atoms with E-state index in [1.165, 1.54) is 25.7 Å². The molecule has 0 aromatic heterocycles. The van der Waals surface area contributed by atoms with E-state index in [1.807, 2.05) is 0 Å². The highest BCUT2D eigenvalue weighted by Gasteiger charge is 2.30. The van der Waals surface area contributed by atoms with Gasteiger partial charge < -0.3 is 0 Å². The first-order chi connectivity index (χ1) is 6.15. The average molecular weight is 203 g/mol. The lowest BCUT2D eigenvalue weighted by atomic mass is 9.74. The van der Waals surface area contributed by atoms with Crippen LogP contribution >= 0.6 is 11.6 Å². The number of carbonyl (C=O) groups excluding carboxylic acids is 1. The first-order valence-electron chi connectivity index (χ1n) is 5.34. The Morgan fingerprint density at radius 1 is 1.46 bits per heavy atom. The minimum absolute atomic E-state index is 0.123. The van der Waals surface area contributed by atoms with E-state index in [-0.39, 0.29) is 11.2 Å². The summed E-state index contributed by atoms with van der Waals surface area (Å²) in [5.41, 5.74) is 0. The third kappa shape index (κ3) is 2.98. The van der Waals surface area contributed by atoms with Gasteiger partial charge in [-0.2, -0.15) is 0 Å². The van der Waals surface area contributed by atoms with Crippen molar-refractivity contribution >= 4 is 16.8 Å². The van der Waals surface area contributed by atoms with Crippen LogP contribution in [0.15, 0.2) is 0 Å². The van der Waals surface area contributed by atoms with Crippen molar-refractivity contribution in [1.82, 2.24) is 0 Å². The van der Waals surface area contributed by atoms with E-state index < -0.39 is 0 Å². The van der Waals surface area contributed by atoms with Crippen LogP contribution in [-0.4, -0.2) is 5.24 Å². The second-order valence-corrected chi connectivity index (χ2v) is 4.73. The maximum Gasteiger partial charge on any atom is 0.224 e. The maximum atomic E-state index is 11.0. The molecular weight excluding hydrogens is 184 g/mol. The van der Waals surface area contributed by atoms with Crippen molar-refractivity contribution in [1.29, 1.82) is 0 Å². The lowest BCUT2D eigenvalue weighted by Crippen LogP contribution is -2.26. The van der Waals surface area contributed by atoms with E-state index >= 15 is 0 Å². The van der Waals surface area contributed by atoms with E-state index in [0.29, 0.717) is 5.92 Å². The SMILES string of the molecule is CCCC1CCC(C(=O)Cl)C(C)C1. The molecule has 1 fully saturated rings. The molecule has 0 aliphatic heterocycles. The fraction of sp³-hybridized carbons (Fsp3) is 0.909. The molecule has 0 saturated heterocycles. The third-order valence-corrected chi connectivity index (χ3v) is 3.55. The van der Waals surface area contributed by atoms with Gasteiger partial charge in [-0.15, -0.1) is 0 Å². The van der Waals surface area contributed by atoms with Crippen LogP contribution in [0.25, 0.3) is 0 Å². The van der Waals surface area contributed by atoms with Crippen molar-refractivity contribution in [3.63, 3.8) is 0 Å². The van der Waals surface area contributed by atoms with Gasteiger partial charge in [0.1, 0.15) is 0 Å². The van der Waals surface area contributed by atoms with Crippen LogP contribution in [0.4, 0.5) is 0 Å². The summed E-state index contributed by atoms with van der Waals surface area (Å²) in [5.74, 6) is 1.47. The van der Waals surface area contributed by atoms with Crippen molar-refractivity contribution in [3.8, 4) is 0 Å². The molecule has 0 spiro atoms. The van der Waals surface area contributed by atoms with Crippen molar-refractivity contribution in [2.24, 2.45) is 17.8 Å². The predicted molar refractivity (Wildman–Crippen MR) is 55.8 cm³/mol. The Labute approximate surface area is 85.8 Å². The molecule has 0 bridgehead atoms. The smallest absolute Gasteiger partial charge is 0.224 e. The zero-order valence-corrected chi connectivity index (χ0v) is 9.31. The normalized spacial score (nSPS) is 34.5. The second kappa shape index (κ2) is 4.99. The molecule has 0 radical (unpaired) electrons. The maximum absolute atomic E-state index is 11.0. The van der Waals surface area contributed by atoms with Gasteiger partial charge in [0, 0.05) is 5.92 Å². The molecule has 1 aliphatic rings. The number of hydrogen-bond acceptors (Lipinski definition) is 1. The van der Waals surface area contributed by atoms with Gasteiger partial charge in [-0.3, -0.25) is 4.79 Å². The van der Waals surface area contributed by atoms with E-state index in [0.717, 1.165) is 12.3 Å². The third-order valence-electron chi connectivity index (χ3n) is 3.27. The molecular formula is C11H19ClO. The molecule has 2 heteroatoms. The standard InChI is InChI=1S/C11H19ClO/c1-3-4-9-5-6-10(11(12)13)8(2)7-9/h8-10H,3-7H2,1-2H3. The Morgan fingerprint density at radius 3 is 2.62 bits per heavy atom. The Morgan fingerprint density at radius 2 is 2.15 bits per heavy atom. The van der Waals surface area contributed by atoms with Gasteiger partial charge in [-0.05, 0) is 42.7 Å². The highest BCUT2D eigenvalue weighted by atomic mass is 35.5. The van der Waals surface area contributed by atoms with Gasteiger partial charge in [0.2, 0.25) is 5.24 Å². The number of halogens is 1. The Kier molecular flexibility index (Phi) is 4.24. The zero-order valence-electron chi connectivity index (χ0n) is 8.55. The molecule has 0 N–H and O–H groups in total. The van der Waals surface area contributed by atoms with E-state index in [4.69, 9.17) is 11.6 Å². The minimum atomic E-state index is -0.123. The molecule has 3 atom stereocenters. The minimum Gasteiger partial charge on any atom is -0.281 e. The summed E-state index contributed by atoms with van der Waals surface area (Å²) in [4.78, 5) is 11.0. The van der Waals surface area contributed by atoms with Gasteiger partial charge in [-0.1, -0.05) is 26.7 Å².